The minimum absolute atomic E-state index is 0.506. The highest BCUT2D eigenvalue weighted by molar-refractivity contribution is 7.89. The Bertz CT molecular complexity index is 485. The summed E-state index contributed by atoms with van der Waals surface area (Å²) in [5.74, 6) is -2.83. The molecule has 0 saturated heterocycles. The van der Waals surface area contributed by atoms with Gasteiger partial charge in [-0.05, 0) is 6.07 Å². The predicted octanol–water partition coefficient (Wildman–Crippen LogP) is -0.434. The second kappa shape index (κ2) is 3.31. The van der Waals surface area contributed by atoms with Crippen molar-refractivity contribution in [1.82, 2.24) is 4.98 Å². The number of carbonyl (C=O) groups is 1. The molecule has 8 heteroatoms. The Morgan fingerprint density at radius 1 is 1.57 bits per heavy atom. The Morgan fingerprint density at radius 3 is 2.50 bits per heavy atom. The fourth-order valence-electron chi connectivity index (χ4n) is 0.733. The molecule has 0 fully saturated rings. The van der Waals surface area contributed by atoms with E-state index in [1.165, 1.54) is 0 Å². The third-order valence-corrected chi connectivity index (χ3v) is 2.23. The summed E-state index contributed by atoms with van der Waals surface area (Å²) < 4.78 is 34.2. The molecule has 1 heterocycles. The van der Waals surface area contributed by atoms with E-state index in [1.807, 2.05) is 0 Å². The van der Waals surface area contributed by atoms with Crippen LogP contribution in [0.15, 0.2) is 17.2 Å². The van der Waals surface area contributed by atoms with Gasteiger partial charge in [0.05, 0.1) is 0 Å². The summed E-state index contributed by atoms with van der Waals surface area (Å²) in [5, 5.41) is 13.0. The number of carboxylic acids is 1. The molecule has 0 amide bonds. The van der Waals surface area contributed by atoms with Crippen LogP contribution in [0.3, 0.4) is 0 Å². The van der Waals surface area contributed by atoms with Crippen LogP contribution in [0.1, 0.15) is 10.5 Å². The van der Waals surface area contributed by atoms with Gasteiger partial charge in [-0.25, -0.2) is 27.7 Å². The second-order valence-corrected chi connectivity index (χ2v) is 3.91. The highest BCUT2D eigenvalue weighted by atomic mass is 32.2. The molecule has 0 saturated carbocycles. The average molecular weight is 220 g/mol. The van der Waals surface area contributed by atoms with E-state index < -0.39 is 32.4 Å². The number of sulfonamides is 1. The lowest BCUT2D eigenvalue weighted by Crippen LogP contribution is -2.14. The van der Waals surface area contributed by atoms with Crippen LogP contribution >= 0.6 is 0 Å². The number of carboxylic acid groups (broad SMARTS) is 1. The Kier molecular flexibility index (Phi) is 2.49. The molecule has 0 aromatic carbocycles. The van der Waals surface area contributed by atoms with E-state index in [9.17, 15) is 17.6 Å². The zero-order chi connectivity index (χ0) is 10.9. The maximum Gasteiger partial charge on any atom is 0.357 e. The van der Waals surface area contributed by atoms with Crippen molar-refractivity contribution >= 4 is 16.0 Å². The molecule has 1 aromatic rings. The molecule has 3 N–H and O–H groups in total. The van der Waals surface area contributed by atoms with Crippen LogP contribution in [0.5, 0.6) is 0 Å². The van der Waals surface area contributed by atoms with Gasteiger partial charge in [-0.2, -0.15) is 0 Å². The molecule has 14 heavy (non-hydrogen) atoms. The molecule has 6 nitrogen and oxygen atoms in total. The number of aromatic nitrogens is 1. The van der Waals surface area contributed by atoms with Gasteiger partial charge < -0.3 is 5.11 Å². The lowest BCUT2D eigenvalue weighted by atomic mass is 10.3. The number of halogens is 1. The quantitative estimate of drug-likeness (QED) is 0.702. The molecule has 0 spiro atoms. The summed E-state index contributed by atoms with van der Waals surface area (Å²) in [6.45, 7) is 0. The van der Waals surface area contributed by atoms with E-state index >= 15 is 0 Å². The monoisotopic (exact) mass is 220 g/mol. The molecule has 1 rings (SSSR count). The largest absolute Gasteiger partial charge is 0.476 e. The van der Waals surface area contributed by atoms with Crippen molar-refractivity contribution in [1.29, 1.82) is 0 Å². The first kappa shape index (κ1) is 10.5. The van der Waals surface area contributed by atoms with Crippen LogP contribution in [0.4, 0.5) is 4.39 Å². The van der Waals surface area contributed by atoms with Gasteiger partial charge in [-0.15, -0.1) is 0 Å². The first-order valence-corrected chi connectivity index (χ1v) is 4.78. The summed E-state index contributed by atoms with van der Waals surface area (Å²) in [6, 6.07) is 0.506. The number of primary sulfonamides is 1. The summed E-state index contributed by atoms with van der Waals surface area (Å²) in [6.07, 6.45) is 0.682. The maximum absolute atomic E-state index is 12.9. The third kappa shape index (κ3) is 2.03. The molecule has 0 atom stereocenters. The predicted molar refractivity (Wildman–Crippen MR) is 42.5 cm³/mol. The van der Waals surface area contributed by atoms with Crippen molar-refractivity contribution in [3.63, 3.8) is 0 Å². The van der Waals surface area contributed by atoms with Gasteiger partial charge in [0, 0.05) is 6.20 Å². The highest BCUT2D eigenvalue weighted by Crippen LogP contribution is 2.10. The number of nitrogens with zero attached hydrogens (tertiary/aromatic N) is 1. The van der Waals surface area contributed by atoms with Crippen molar-refractivity contribution in [2.24, 2.45) is 5.14 Å². The van der Waals surface area contributed by atoms with Gasteiger partial charge >= 0.3 is 5.97 Å². The number of pyridine rings is 1. The van der Waals surface area contributed by atoms with Crippen molar-refractivity contribution in [2.45, 2.75) is 4.90 Å². The third-order valence-electron chi connectivity index (χ3n) is 1.35. The topological polar surface area (TPSA) is 110 Å². The van der Waals surface area contributed by atoms with E-state index in [0.29, 0.717) is 12.3 Å². The summed E-state index contributed by atoms with van der Waals surface area (Å²) in [7, 11) is -4.06. The maximum atomic E-state index is 12.9. The molecular weight excluding hydrogens is 215 g/mol. The van der Waals surface area contributed by atoms with E-state index in [1.54, 1.807) is 0 Å². The molecule has 76 valence electrons. The zero-order valence-electron chi connectivity index (χ0n) is 6.64. The van der Waals surface area contributed by atoms with Crippen molar-refractivity contribution in [2.75, 3.05) is 0 Å². The molecule has 0 bridgehead atoms. The fourth-order valence-corrected chi connectivity index (χ4v) is 1.20. The average Bonchev–Trinajstić information content (AvgIpc) is 2.01. The van der Waals surface area contributed by atoms with E-state index in [-0.39, 0.29) is 0 Å². The Morgan fingerprint density at radius 2 is 2.14 bits per heavy atom. The zero-order valence-corrected chi connectivity index (χ0v) is 7.45. The van der Waals surface area contributed by atoms with E-state index in [2.05, 4.69) is 10.1 Å². The van der Waals surface area contributed by atoms with Crippen LogP contribution in [-0.2, 0) is 10.0 Å². The first-order chi connectivity index (χ1) is 6.32. The van der Waals surface area contributed by atoms with Crippen molar-refractivity contribution in [3.8, 4) is 0 Å². The molecular formula is C6H5FN2O4S. The van der Waals surface area contributed by atoms with Gasteiger partial charge in [0.15, 0.2) is 11.5 Å². The molecule has 0 aliphatic rings. The minimum Gasteiger partial charge on any atom is -0.476 e. The summed E-state index contributed by atoms with van der Waals surface area (Å²) in [5.41, 5.74) is -0.850. The number of aromatic carboxylic acids is 1. The fraction of sp³-hybridized carbons (Fsp3) is 0. The molecule has 0 aliphatic carbocycles. The lowest BCUT2D eigenvalue weighted by molar-refractivity contribution is 0.0684. The van der Waals surface area contributed by atoms with E-state index in [4.69, 9.17) is 5.11 Å². The lowest BCUT2D eigenvalue weighted by Gasteiger charge is -1.99. The number of hydrogen-bond acceptors (Lipinski definition) is 4. The number of rotatable bonds is 2. The van der Waals surface area contributed by atoms with Crippen molar-refractivity contribution in [3.05, 3.63) is 23.8 Å². The van der Waals surface area contributed by atoms with Crippen LogP contribution < -0.4 is 5.14 Å². The van der Waals surface area contributed by atoms with Crippen LogP contribution in [0.25, 0.3) is 0 Å². The van der Waals surface area contributed by atoms with Gasteiger partial charge in [-0.1, -0.05) is 0 Å². The highest BCUT2D eigenvalue weighted by Gasteiger charge is 2.16. The van der Waals surface area contributed by atoms with Gasteiger partial charge in [0.1, 0.15) is 4.90 Å². The number of nitrogens with two attached hydrogens (primary N) is 1. The Hall–Kier alpha value is -1.54. The van der Waals surface area contributed by atoms with Crippen LogP contribution in [-0.4, -0.2) is 24.5 Å². The minimum atomic E-state index is -4.06. The van der Waals surface area contributed by atoms with Gasteiger partial charge in [-0.3, -0.25) is 0 Å². The van der Waals surface area contributed by atoms with Gasteiger partial charge in [0.2, 0.25) is 10.0 Å². The van der Waals surface area contributed by atoms with E-state index in [0.717, 1.165) is 0 Å². The standard InChI is InChI=1S/C6H5FN2O4S/c7-4-1-3(14(8,12)13)2-9-5(4)6(10)11/h1-2H,(H,10,11)(H2,8,12,13). The first-order valence-electron chi connectivity index (χ1n) is 3.24. The Balaban J connectivity index is 3.34. The summed E-state index contributed by atoms with van der Waals surface area (Å²) in [4.78, 5) is 12.8. The normalized spacial score (nSPS) is 11.3. The Labute approximate surface area is 78.2 Å². The number of hydrogen-bond donors (Lipinski definition) is 2. The van der Waals surface area contributed by atoms with Gasteiger partial charge in [0.25, 0.3) is 0 Å². The molecule has 0 aliphatic heterocycles. The second-order valence-electron chi connectivity index (χ2n) is 2.35. The summed E-state index contributed by atoms with van der Waals surface area (Å²) >= 11 is 0. The van der Waals surface area contributed by atoms with Crippen molar-refractivity contribution < 1.29 is 22.7 Å². The molecule has 0 unspecified atom stereocenters. The molecule has 1 aromatic heterocycles. The van der Waals surface area contributed by atoms with Crippen LogP contribution in [0.2, 0.25) is 0 Å². The van der Waals surface area contributed by atoms with Crippen LogP contribution in [0, 0.1) is 5.82 Å². The molecule has 0 radical (unpaired) electrons. The smallest absolute Gasteiger partial charge is 0.357 e. The SMILES string of the molecule is NS(=O)(=O)c1cnc(C(=O)O)c(F)c1.